The molecule has 1 saturated heterocycles. The third-order valence-electron chi connectivity index (χ3n) is 4.86. The van der Waals surface area contributed by atoms with Gasteiger partial charge >= 0.3 is 0 Å². The fraction of sp³-hybridized carbons (Fsp3) is 0.421. The van der Waals surface area contributed by atoms with Gasteiger partial charge in [0.2, 0.25) is 0 Å². The lowest BCUT2D eigenvalue weighted by Gasteiger charge is -2.14. The maximum atomic E-state index is 5.92. The Labute approximate surface area is 136 Å². The number of nitrogens with zero attached hydrogens (tertiary/aromatic N) is 2. The van der Waals surface area contributed by atoms with Crippen molar-refractivity contribution in [2.75, 3.05) is 26.2 Å². The van der Waals surface area contributed by atoms with Gasteiger partial charge in [-0.1, -0.05) is 0 Å². The van der Waals surface area contributed by atoms with E-state index in [9.17, 15) is 0 Å². The van der Waals surface area contributed by atoms with Gasteiger partial charge in [0.05, 0.1) is 13.2 Å². The van der Waals surface area contributed by atoms with Crippen LogP contribution in [0.25, 0.3) is 21.8 Å². The Bertz CT molecular complexity index is 818. The molecule has 1 fully saturated rings. The molecule has 23 heavy (non-hydrogen) atoms. The van der Waals surface area contributed by atoms with Crippen molar-refractivity contribution in [2.45, 2.75) is 26.4 Å². The minimum Gasteiger partial charge on any atom is -0.375 e. The molecule has 120 valence electrons. The van der Waals surface area contributed by atoms with Crippen LogP contribution in [0, 0.1) is 6.92 Å². The summed E-state index contributed by atoms with van der Waals surface area (Å²) in [6.45, 7) is 7.18. The summed E-state index contributed by atoms with van der Waals surface area (Å²) in [4.78, 5) is 10.2. The summed E-state index contributed by atoms with van der Waals surface area (Å²) in [7, 11) is 0. The maximum absolute atomic E-state index is 5.92. The van der Waals surface area contributed by atoms with Gasteiger partial charge in [-0.2, -0.15) is 0 Å². The van der Waals surface area contributed by atoms with Crippen LogP contribution < -0.4 is 0 Å². The monoisotopic (exact) mass is 309 g/mol. The first-order valence-corrected chi connectivity index (χ1v) is 8.46. The van der Waals surface area contributed by atoms with E-state index in [0.717, 1.165) is 24.2 Å². The first-order chi connectivity index (χ1) is 11.3. The summed E-state index contributed by atoms with van der Waals surface area (Å²) >= 11 is 0. The fourth-order valence-electron chi connectivity index (χ4n) is 3.48. The topological polar surface area (TPSA) is 41.1 Å². The Morgan fingerprint density at radius 1 is 1.17 bits per heavy atom. The van der Waals surface area contributed by atoms with Crippen molar-refractivity contribution < 1.29 is 4.74 Å². The lowest BCUT2D eigenvalue weighted by Crippen LogP contribution is -2.23. The van der Waals surface area contributed by atoms with E-state index >= 15 is 0 Å². The molecular formula is C19H23N3O. The van der Waals surface area contributed by atoms with Gasteiger partial charge in [-0.3, -0.25) is 4.98 Å². The molecule has 1 aliphatic heterocycles. The van der Waals surface area contributed by atoms with E-state index in [1.165, 1.54) is 47.8 Å². The highest BCUT2D eigenvalue weighted by atomic mass is 16.5. The highest BCUT2D eigenvalue weighted by Crippen LogP contribution is 2.27. The van der Waals surface area contributed by atoms with Gasteiger partial charge in [0, 0.05) is 40.7 Å². The lowest BCUT2D eigenvalue weighted by atomic mass is 10.1. The first-order valence-electron chi connectivity index (χ1n) is 8.46. The van der Waals surface area contributed by atoms with E-state index in [1.807, 2.05) is 18.5 Å². The van der Waals surface area contributed by atoms with E-state index in [-0.39, 0.29) is 0 Å². The zero-order chi connectivity index (χ0) is 15.6. The number of ether oxygens (including phenoxy) is 1. The molecule has 0 spiro atoms. The number of H-pyrrole nitrogens is 1. The van der Waals surface area contributed by atoms with Crippen LogP contribution in [-0.2, 0) is 11.3 Å². The summed E-state index contributed by atoms with van der Waals surface area (Å²) < 4.78 is 5.92. The second kappa shape index (κ2) is 6.30. The van der Waals surface area contributed by atoms with E-state index in [2.05, 4.69) is 33.9 Å². The number of fused-ring (bicyclic) bond motifs is 3. The van der Waals surface area contributed by atoms with Crippen molar-refractivity contribution in [1.29, 1.82) is 0 Å². The van der Waals surface area contributed by atoms with Crippen molar-refractivity contribution in [1.82, 2.24) is 14.9 Å². The molecule has 0 radical (unpaired) electrons. The summed E-state index contributed by atoms with van der Waals surface area (Å²) in [5.41, 5.74) is 4.85. The van der Waals surface area contributed by atoms with Gasteiger partial charge in [0.15, 0.2) is 0 Å². The number of aromatic amines is 1. The Morgan fingerprint density at radius 3 is 2.91 bits per heavy atom. The molecule has 1 aliphatic rings. The number of nitrogens with one attached hydrogen (secondary N) is 1. The van der Waals surface area contributed by atoms with E-state index in [1.54, 1.807) is 0 Å². The molecule has 4 heteroatoms. The van der Waals surface area contributed by atoms with Crippen molar-refractivity contribution >= 4 is 21.8 Å². The molecule has 0 bridgehead atoms. The van der Waals surface area contributed by atoms with Crippen molar-refractivity contribution in [3.05, 3.63) is 41.7 Å². The third kappa shape index (κ3) is 2.96. The smallest absolute Gasteiger partial charge is 0.0720 e. The minimum absolute atomic E-state index is 0.684. The Morgan fingerprint density at radius 2 is 2.04 bits per heavy atom. The first kappa shape index (κ1) is 14.7. The van der Waals surface area contributed by atoms with Crippen LogP contribution in [0.5, 0.6) is 0 Å². The summed E-state index contributed by atoms with van der Waals surface area (Å²) in [6, 6.07) is 6.49. The van der Waals surface area contributed by atoms with Crippen molar-refractivity contribution in [3.63, 3.8) is 0 Å². The van der Waals surface area contributed by atoms with Gasteiger partial charge < -0.3 is 14.6 Å². The van der Waals surface area contributed by atoms with E-state index in [0.29, 0.717) is 6.61 Å². The number of likely N-dealkylation sites (tertiary alicyclic amines) is 1. The summed E-state index contributed by atoms with van der Waals surface area (Å²) in [5.74, 6) is 0. The third-order valence-corrected chi connectivity index (χ3v) is 4.86. The summed E-state index contributed by atoms with van der Waals surface area (Å²) in [5, 5.41) is 2.43. The molecule has 4 nitrogen and oxygen atoms in total. The van der Waals surface area contributed by atoms with Gasteiger partial charge in [-0.05, 0) is 62.2 Å². The predicted octanol–water partition coefficient (Wildman–Crippen LogP) is 3.64. The van der Waals surface area contributed by atoms with E-state index in [4.69, 9.17) is 4.74 Å². The second-order valence-electron chi connectivity index (χ2n) is 6.47. The number of pyridine rings is 1. The Balaban J connectivity index is 1.48. The van der Waals surface area contributed by atoms with Crippen LogP contribution in [0.15, 0.2) is 30.6 Å². The van der Waals surface area contributed by atoms with E-state index < -0.39 is 0 Å². The van der Waals surface area contributed by atoms with Gasteiger partial charge in [-0.25, -0.2) is 0 Å². The van der Waals surface area contributed by atoms with Crippen molar-refractivity contribution in [3.8, 4) is 0 Å². The predicted molar refractivity (Wildman–Crippen MR) is 93.7 cm³/mol. The quantitative estimate of drug-likeness (QED) is 0.732. The molecule has 1 aromatic carbocycles. The molecule has 0 atom stereocenters. The zero-order valence-electron chi connectivity index (χ0n) is 13.6. The average molecular weight is 309 g/mol. The highest BCUT2D eigenvalue weighted by Gasteiger charge is 2.11. The van der Waals surface area contributed by atoms with Crippen LogP contribution in [0.4, 0.5) is 0 Å². The molecule has 3 heterocycles. The van der Waals surface area contributed by atoms with Crippen molar-refractivity contribution in [2.24, 2.45) is 0 Å². The van der Waals surface area contributed by atoms with Crippen LogP contribution in [0.2, 0.25) is 0 Å². The number of rotatable bonds is 5. The largest absolute Gasteiger partial charge is 0.375 e. The number of aryl methyl sites for hydroxylation is 1. The number of hydrogen-bond acceptors (Lipinski definition) is 3. The molecular weight excluding hydrogens is 286 g/mol. The average Bonchev–Trinajstić information content (AvgIpc) is 3.19. The van der Waals surface area contributed by atoms with Gasteiger partial charge in [-0.15, -0.1) is 0 Å². The Kier molecular flexibility index (Phi) is 4.02. The SMILES string of the molecule is Cc1cc2c(cc1COCCN1CCCC1)[nH]c1ccncc12. The molecule has 0 saturated carbocycles. The highest BCUT2D eigenvalue weighted by molar-refractivity contribution is 6.07. The molecule has 4 rings (SSSR count). The maximum Gasteiger partial charge on any atom is 0.0720 e. The molecule has 0 aliphatic carbocycles. The number of benzene rings is 1. The fourth-order valence-corrected chi connectivity index (χ4v) is 3.48. The second-order valence-corrected chi connectivity index (χ2v) is 6.47. The number of hydrogen-bond donors (Lipinski definition) is 1. The summed E-state index contributed by atoms with van der Waals surface area (Å²) in [6.07, 6.45) is 6.43. The van der Waals surface area contributed by atoms with Gasteiger partial charge in [0.1, 0.15) is 0 Å². The molecule has 1 N–H and O–H groups in total. The van der Waals surface area contributed by atoms with Gasteiger partial charge in [0.25, 0.3) is 0 Å². The molecule has 0 unspecified atom stereocenters. The standard InChI is InChI=1S/C19H23N3O/c1-14-10-16-17-12-20-5-4-18(17)21-19(16)11-15(14)13-23-9-8-22-6-2-3-7-22/h4-5,10-12,21H,2-3,6-9,13H2,1H3. The van der Waals surface area contributed by atoms with Crippen LogP contribution >= 0.6 is 0 Å². The number of aromatic nitrogens is 2. The van der Waals surface area contributed by atoms with Crippen LogP contribution in [0.3, 0.4) is 0 Å². The van der Waals surface area contributed by atoms with Crippen LogP contribution in [-0.4, -0.2) is 41.1 Å². The molecule has 2 aromatic heterocycles. The molecule has 3 aromatic rings. The molecule has 0 amide bonds. The minimum atomic E-state index is 0.684. The normalized spacial score (nSPS) is 15.9. The zero-order valence-corrected chi connectivity index (χ0v) is 13.6. The Hall–Kier alpha value is -1.91. The lowest BCUT2D eigenvalue weighted by molar-refractivity contribution is 0.0990. The van der Waals surface area contributed by atoms with Crippen LogP contribution in [0.1, 0.15) is 24.0 Å².